The lowest BCUT2D eigenvalue weighted by atomic mass is 10.2. The lowest BCUT2D eigenvalue weighted by Crippen LogP contribution is -2.10. The zero-order chi connectivity index (χ0) is 15.2. The molecule has 0 aliphatic heterocycles. The van der Waals surface area contributed by atoms with Crippen molar-refractivity contribution in [1.29, 1.82) is 0 Å². The Kier molecular flexibility index (Phi) is 5.36. The predicted molar refractivity (Wildman–Crippen MR) is 93.1 cm³/mol. The summed E-state index contributed by atoms with van der Waals surface area (Å²) in [7, 11) is 1.61. The van der Waals surface area contributed by atoms with Crippen LogP contribution >= 0.6 is 23.6 Å². The summed E-state index contributed by atoms with van der Waals surface area (Å²) in [4.78, 5) is 1.79. The zero-order valence-electron chi connectivity index (χ0n) is 12.0. The Morgan fingerprint density at radius 3 is 2.81 bits per heavy atom. The number of benzene rings is 1. The van der Waals surface area contributed by atoms with E-state index in [0.717, 1.165) is 10.6 Å². The van der Waals surface area contributed by atoms with Crippen molar-refractivity contribution in [3.8, 4) is 11.5 Å². The summed E-state index contributed by atoms with van der Waals surface area (Å²) in [6.45, 7) is 6.12. The number of aryl methyl sites for hydroxylation is 1. The van der Waals surface area contributed by atoms with Gasteiger partial charge in [-0.25, -0.2) is 0 Å². The Morgan fingerprint density at radius 1 is 1.38 bits per heavy atom. The zero-order valence-corrected chi connectivity index (χ0v) is 13.6. The fourth-order valence-corrected chi connectivity index (χ4v) is 3.05. The van der Waals surface area contributed by atoms with Gasteiger partial charge in [-0.05, 0) is 36.1 Å². The second-order valence-electron chi connectivity index (χ2n) is 4.35. The molecule has 110 valence electrons. The van der Waals surface area contributed by atoms with Gasteiger partial charge in [-0.2, -0.15) is 0 Å². The summed E-state index contributed by atoms with van der Waals surface area (Å²) >= 11 is 7.08. The molecule has 0 fully saturated rings. The highest BCUT2D eigenvalue weighted by Gasteiger charge is 2.09. The van der Waals surface area contributed by atoms with Crippen LogP contribution in [0.15, 0.2) is 42.3 Å². The van der Waals surface area contributed by atoms with Crippen molar-refractivity contribution < 1.29 is 9.47 Å². The Balaban J connectivity index is 2.18. The standard InChI is InChI=1S/C16H17NO2S2/c1-4-8-19-14-10-12(5-6-13(14)18-3)17-16(20)15-11(2)7-9-21-15/h4-7,9-10H,1,8H2,2-3H3,(H,17,20). The largest absolute Gasteiger partial charge is 0.493 e. The number of rotatable bonds is 6. The van der Waals surface area contributed by atoms with E-state index in [9.17, 15) is 0 Å². The van der Waals surface area contributed by atoms with Crippen molar-refractivity contribution in [3.05, 3.63) is 52.7 Å². The van der Waals surface area contributed by atoms with Gasteiger partial charge in [-0.15, -0.1) is 11.3 Å². The van der Waals surface area contributed by atoms with E-state index in [1.54, 1.807) is 24.5 Å². The maximum atomic E-state index is 5.59. The molecule has 0 saturated heterocycles. The monoisotopic (exact) mass is 319 g/mol. The van der Waals surface area contributed by atoms with Crippen LogP contribution in [0.4, 0.5) is 5.69 Å². The van der Waals surface area contributed by atoms with E-state index in [1.165, 1.54) is 5.56 Å². The SMILES string of the molecule is C=CCOc1cc(NC(=S)c2sccc2C)ccc1OC. The van der Waals surface area contributed by atoms with Gasteiger partial charge in [0, 0.05) is 11.8 Å². The molecular weight excluding hydrogens is 302 g/mol. The first-order chi connectivity index (χ1) is 10.2. The molecule has 1 heterocycles. The molecular formula is C16H17NO2S2. The van der Waals surface area contributed by atoms with Crippen molar-refractivity contribution >= 4 is 34.2 Å². The molecule has 0 bridgehead atoms. The van der Waals surface area contributed by atoms with E-state index >= 15 is 0 Å². The Bertz CT molecular complexity index is 649. The smallest absolute Gasteiger partial charge is 0.163 e. The van der Waals surface area contributed by atoms with Gasteiger partial charge < -0.3 is 14.8 Å². The van der Waals surface area contributed by atoms with Crippen LogP contribution in [0.5, 0.6) is 11.5 Å². The van der Waals surface area contributed by atoms with E-state index in [2.05, 4.69) is 18.0 Å². The molecule has 2 aromatic rings. The quantitative estimate of drug-likeness (QED) is 0.631. The molecule has 3 nitrogen and oxygen atoms in total. The Hall–Kier alpha value is -1.85. The summed E-state index contributed by atoms with van der Waals surface area (Å²) < 4.78 is 10.9. The highest BCUT2D eigenvalue weighted by molar-refractivity contribution is 7.81. The van der Waals surface area contributed by atoms with Crippen molar-refractivity contribution in [2.75, 3.05) is 19.0 Å². The van der Waals surface area contributed by atoms with E-state index in [4.69, 9.17) is 21.7 Å². The topological polar surface area (TPSA) is 30.5 Å². The summed E-state index contributed by atoms with van der Waals surface area (Å²) in [5.41, 5.74) is 2.04. The molecule has 0 saturated carbocycles. The van der Waals surface area contributed by atoms with Crippen LogP contribution in [0.3, 0.4) is 0 Å². The van der Waals surface area contributed by atoms with Crippen molar-refractivity contribution in [2.24, 2.45) is 0 Å². The van der Waals surface area contributed by atoms with Crippen LogP contribution in [0.25, 0.3) is 0 Å². The third-order valence-electron chi connectivity index (χ3n) is 2.85. The fourth-order valence-electron chi connectivity index (χ4n) is 1.81. The summed E-state index contributed by atoms with van der Waals surface area (Å²) in [6.07, 6.45) is 1.69. The van der Waals surface area contributed by atoms with Gasteiger partial charge in [0.1, 0.15) is 11.6 Å². The van der Waals surface area contributed by atoms with Crippen LogP contribution in [-0.2, 0) is 0 Å². The first-order valence-electron chi connectivity index (χ1n) is 6.43. The first-order valence-corrected chi connectivity index (χ1v) is 7.71. The highest BCUT2D eigenvalue weighted by Crippen LogP contribution is 2.31. The molecule has 5 heteroatoms. The summed E-state index contributed by atoms with van der Waals surface area (Å²) in [5.74, 6) is 1.34. The third kappa shape index (κ3) is 3.83. The molecule has 0 aliphatic rings. The number of hydrogen-bond donors (Lipinski definition) is 1. The molecule has 1 N–H and O–H groups in total. The molecule has 0 unspecified atom stereocenters. The molecule has 0 spiro atoms. The molecule has 0 atom stereocenters. The molecule has 0 amide bonds. The van der Waals surface area contributed by atoms with E-state index in [-0.39, 0.29) is 0 Å². The molecule has 21 heavy (non-hydrogen) atoms. The molecule has 0 radical (unpaired) electrons. The minimum atomic E-state index is 0.425. The number of nitrogens with one attached hydrogen (secondary N) is 1. The Labute approximate surface area is 134 Å². The van der Waals surface area contributed by atoms with Crippen LogP contribution in [0.1, 0.15) is 10.4 Å². The number of ether oxygens (including phenoxy) is 2. The van der Waals surface area contributed by atoms with Gasteiger partial charge in [0.25, 0.3) is 0 Å². The van der Waals surface area contributed by atoms with Gasteiger partial charge in [0.15, 0.2) is 11.5 Å². The number of methoxy groups -OCH3 is 1. The molecule has 0 aliphatic carbocycles. The number of anilines is 1. The van der Waals surface area contributed by atoms with Gasteiger partial charge in [-0.3, -0.25) is 0 Å². The van der Waals surface area contributed by atoms with E-state index in [0.29, 0.717) is 23.1 Å². The lowest BCUT2D eigenvalue weighted by molar-refractivity contribution is 0.327. The predicted octanol–water partition coefficient (Wildman–Crippen LogP) is 4.42. The number of thiocarbonyl (C=S) groups is 1. The van der Waals surface area contributed by atoms with Gasteiger partial charge in [-0.1, -0.05) is 24.9 Å². The van der Waals surface area contributed by atoms with E-state index < -0.39 is 0 Å². The second kappa shape index (κ2) is 7.24. The van der Waals surface area contributed by atoms with Crippen molar-refractivity contribution in [1.82, 2.24) is 0 Å². The number of thiophene rings is 1. The van der Waals surface area contributed by atoms with Crippen molar-refractivity contribution in [3.63, 3.8) is 0 Å². The maximum Gasteiger partial charge on any atom is 0.163 e. The average Bonchev–Trinajstić information content (AvgIpc) is 2.91. The highest BCUT2D eigenvalue weighted by atomic mass is 32.1. The normalized spacial score (nSPS) is 10.0. The minimum absolute atomic E-state index is 0.425. The van der Waals surface area contributed by atoms with Crippen LogP contribution < -0.4 is 14.8 Å². The van der Waals surface area contributed by atoms with E-state index in [1.807, 2.05) is 30.5 Å². The summed E-state index contributed by atoms with van der Waals surface area (Å²) in [5, 5.41) is 5.27. The minimum Gasteiger partial charge on any atom is -0.493 e. The van der Waals surface area contributed by atoms with Crippen molar-refractivity contribution in [2.45, 2.75) is 6.92 Å². The summed E-state index contributed by atoms with van der Waals surface area (Å²) in [6, 6.07) is 7.69. The van der Waals surface area contributed by atoms with Crippen LogP contribution in [-0.4, -0.2) is 18.7 Å². The fraction of sp³-hybridized carbons (Fsp3) is 0.188. The maximum absolute atomic E-state index is 5.59. The lowest BCUT2D eigenvalue weighted by Gasteiger charge is -2.13. The Morgan fingerprint density at radius 2 is 2.19 bits per heavy atom. The first kappa shape index (κ1) is 15.5. The van der Waals surface area contributed by atoms with Crippen LogP contribution in [0, 0.1) is 6.92 Å². The number of hydrogen-bond acceptors (Lipinski definition) is 4. The second-order valence-corrected chi connectivity index (χ2v) is 5.68. The van der Waals surface area contributed by atoms with Gasteiger partial charge >= 0.3 is 0 Å². The van der Waals surface area contributed by atoms with Gasteiger partial charge in [0.2, 0.25) is 0 Å². The van der Waals surface area contributed by atoms with Gasteiger partial charge in [0.05, 0.1) is 12.0 Å². The average molecular weight is 319 g/mol. The third-order valence-corrected chi connectivity index (χ3v) is 4.32. The molecule has 2 rings (SSSR count). The molecule has 1 aromatic heterocycles. The van der Waals surface area contributed by atoms with Crippen LogP contribution in [0.2, 0.25) is 0 Å². The molecule has 1 aromatic carbocycles.